The van der Waals surface area contributed by atoms with Crippen LogP contribution in [0, 0.1) is 24.6 Å². The lowest BCUT2D eigenvalue weighted by molar-refractivity contribution is 0.0934. The SMILES string of the molecule is Cc1cc(-c2ccc(F)cc2)nn2c(C(=O)NCC(C)C3CC3)nnc12. The van der Waals surface area contributed by atoms with Crippen LogP contribution in [-0.4, -0.2) is 32.3 Å². The molecule has 0 spiro atoms. The van der Waals surface area contributed by atoms with Crippen LogP contribution in [-0.2, 0) is 0 Å². The van der Waals surface area contributed by atoms with Gasteiger partial charge in [0.05, 0.1) is 5.69 Å². The number of halogens is 1. The number of benzene rings is 1. The third kappa shape index (κ3) is 3.16. The topological polar surface area (TPSA) is 72.2 Å². The van der Waals surface area contributed by atoms with Gasteiger partial charge in [-0.05, 0) is 67.5 Å². The fourth-order valence-electron chi connectivity index (χ4n) is 3.09. The fourth-order valence-corrected chi connectivity index (χ4v) is 3.09. The van der Waals surface area contributed by atoms with E-state index in [1.54, 1.807) is 12.1 Å². The largest absolute Gasteiger partial charge is 0.349 e. The van der Waals surface area contributed by atoms with Crippen molar-refractivity contribution in [2.24, 2.45) is 11.8 Å². The van der Waals surface area contributed by atoms with Crippen LogP contribution in [0.15, 0.2) is 30.3 Å². The number of nitrogens with one attached hydrogen (secondary N) is 1. The summed E-state index contributed by atoms with van der Waals surface area (Å²) in [4.78, 5) is 12.5. The van der Waals surface area contributed by atoms with Gasteiger partial charge in [-0.15, -0.1) is 10.2 Å². The standard InChI is InChI=1S/C19H20FN5O/c1-11-9-16(14-5-7-15(20)8-6-14)24-25-17(11)22-23-18(25)19(26)21-10-12(2)13-3-4-13/h5-9,12-13H,3-4,10H2,1-2H3,(H,21,26). The van der Waals surface area contributed by atoms with Crippen LogP contribution in [0.2, 0.25) is 0 Å². The second-order valence-corrected chi connectivity index (χ2v) is 7.00. The number of amides is 1. The second kappa shape index (κ2) is 6.48. The monoisotopic (exact) mass is 353 g/mol. The number of fused-ring (bicyclic) bond motifs is 1. The van der Waals surface area contributed by atoms with Crippen LogP contribution < -0.4 is 5.32 Å². The summed E-state index contributed by atoms with van der Waals surface area (Å²) in [7, 11) is 0. The quantitative estimate of drug-likeness (QED) is 0.765. The molecule has 0 aliphatic heterocycles. The number of rotatable bonds is 5. The molecule has 1 aromatic carbocycles. The van der Waals surface area contributed by atoms with Crippen molar-refractivity contribution in [3.63, 3.8) is 0 Å². The van der Waals surface area contributed by atoms with Gasteiger partial charge in [0.15, 0.2) is 5.65 Å². The third-order valence-corrected chi connectivity index (χ3v) is 4.91. The molecule has 1 aliphatic carbocycles. The summed E-state index contributed by atoms with van der Waals surface area (Å²) >= 11 is 0. The predicted molar refractivity (Wildman–Crippen MR) is 95.1 cm³/mol. The molecule has 0 bridgehead atoms. The summed E-state index contributed by atoms with van der Waals surface area (Å²) in [5.41, 5.74) is 2.78. The Labute approximate surface area is 150 Å². The molecule has 0 saturated heterocycles. The molecule has 134 valence electrons. The first kappa shape index (κ1) is 16.6. The average Bonchev–Trinajstić information content (AvgIpc) is 3.39. The molecule has 1 fully saturated rings. The molecule has 4 rings (SSSR count). The highest BCUT2D eigenvalue weighted by Crippen LogP contribution is 2.36. The van der Waals surface area contributed by atoms with Crippen molar-refractivity contribution in [1.29, 1.82) is 0 Å². The van der Waals surface area contributed by atoms with Gasteiger partial charge in [-0.25, -0.2) is 4.39 Å². The van der Waals surface area contributed by atoms with Gasteiger partial charge in [-0.1, -0.05) is 6.92 Å². The van der Waals surface area contributed by atoms with E-state index in [2.05, 4.69) is 27.5 Å². The van der Waals surface area contributed by atoms with E-state index in [0.717, 1.165) is 17.0 Å². The summed E-state index contributed by atoms with van der Waals surface area (Å²) in [6, 6.07) is 7.94. The van der Waals surface area contributed by atoms with E-state index in [4.69, 9.17) is 0 Å². The molecule has 1 saturated carbocycles. The van der Waals surface area contributed by atoms with Crippen molar-refractivity contribution in [1.82, 2.24) is 25.1 Å². The van der Waals surface area contributed by atoms with Crippen LogP contribution in [0.1, 0.15) is 35.9 Å². The van der Waals surface area contributed by atoms with Gasteiger partial charge in [0.25, 0.3) is 5.91 Å². The van der Waals surface area contributed by atoms with Gasteiger partial charge in [-0.3, -0.25) is 4.79 Å². The molecule has 1 aliphatic rings. The summed E-state index contributed by atoms with van der Waals surface area (Å²) in [6.45, 7) is 4.65. The Kier molecular flexibility index (Phi) is 4.14. The number of hydrogen-bond acceptors (Lipinski definition) is 4. The van der Waals surface area contributed by atoms with E-state index in [1.165, 1.54) is 29.5 Å². The molecule has 1 N–H and O–H groups in total. The highest BCUT2D eigenvalue weighted by molar-refractivity contribution is 5.91. The first-order chi connectivity index (χ1) is 12.5. The summed E-state index contributed by atoms with van der Waals surface area (Å²) < 4.78 is 14.6. The van der Waals surface area contributed by atoms with Crippen molar-refractivity contribution < 1.29 is 9.18 Å². The van der Waals surface area contributed by atoms with Gasteiger partial charge in [0, 0.05) is 12.1 Å². The minimum Gasteiger partial charge on any atom is -0.349 e. The lowest BCUT2D eigenvalue weighted by Crippen LogP contribution is -2.30. The first-order valence-electron chi connectivity index (χ1n) is 8.80. The Bertz CT molecular complexity index is 962. The zero-order valence-corrected chi connectivity index (χ0v) is 14.7. The van der Waals surface area contributed by atoms with Crippen LogP contribution in [0.25, 0.3) is 16.9 Å². The Morgan fingerprint density at radius 2 is 2.04 bits per heavy atom. The van der Waals surface area contributed by atoms with Crippen LogP contribution in [0.4, 0.5) is 4.39 Å². The Morgan fingerprint density at radius 1 is 1.31 bits per heavy atom. The van der Waals surface area contributed by atoms with Gasteiger partial charge >= 0.3 is 0 Å². The molecule has 1 unspecified atom stereocenters. The predicted octanol–water partition coefficient (Wildman–Crippen LogP) is 3.01. The van der Waals surface area contributed by atoms with Gasteiger partial charge in [0.1, 0.15) is 5.82 Å². The summed E-state index contributed by atoms with van der Waals surface area (Å²) in [6.07, 6.45) is 2.49. The number of aromatic nitrogens is 4. The number of carbonyl (C=O) groups excluding carboxylic acids is 1. The highest BCUT2D eigenvalue weighted by atomic mass is 19.1. The molecule has 6 nitrogen and oxygen atoms in total. The van der Waals surface area contributed by atoms with Crippen LogP contribution in [0.5, 0.6) is 0 Å². The lowest BCUT2D eigenvalue weighted by Gasteiger charge is -2.10. The molecular formula is C19H20FN5O. The maximum absolute atomic E-state index is 13.2. The molecule has 7 heteroatoms. The smallest absolute Gasteiger partial charge is 0.291 e. The molecule has 1 atom stereocenters. The molecular weight excluding hydrogens is 333 g/mol. The summed E-state index contributed by atoms with van der Waals surface area (Å²) in [5, 5.41) is 15.5. The van der Waals surface area contributed by atoms with Gasteiger partial charge in [-0.2, -0.15) is 9.61 Å². The first-order valence-corrected chi connectivity index (χ1v) is 8.80. The molecule has 0 radical (unpaired) electrons. The fraction of sp³-hybridized carbons (Fsp3) is 0.368. The number of hydrogen-bond donors (Lipinski definition) is 1. The van der Waals surface area contributed by atoms with Crippen LogP contribution >= 0.6 is 0 Å². The Hall–Kier alpha value is -2.83. The van der Waals surface area contributed by atoms with E-state index in [1.807, 2.05) is 13.0 Å². The van der Waals surface area contributed by atoms with E-state index in [0.29, 0.717) is 23.8 Å². The average molecular weight is 353 g/mol. The minimum absolute atomic E-state index is 0.162. The second-order valence-electron chi connectivity index (χ2n) is 7.00. The van der Waals surface area contributed by atoms with Crippen molar-refractivity contribution in [3.05, 3.63) is 47.5 Å². The van der Waals surface area contributed by atoms with Gasteiger partial charge in [0.2, 0.25) is 5.82 Å². The number of carbonyl (C=O) groups is 1. The molecule has 2 aromatic heterocycles. The molecule has 26 heavy (non-hydrogen) atoms. The third-order valence-electron chi connectivity index (χ3n) is 4.91. The Morgan fingerprint density at radius 3 is 2.73 bits per heavy atom. The van der Waals surface area contributed by atoms with E-state index in [9.17, 15) is 9.18 Å². The maximum atomic E-state index is 13.2. The van der Waals surface area contributed by atoms with E-state index < -0.39 is 0 Å². The van der Waals surface area contributed by atoms with Crippen molar-refractivity contribution in [2.45, 2.75) is 26.7 Å². The van der Waals surface area contributed by atoms with E-state index >= 15 is 0 Å². The normalized spacial score (nSPS) is 15.2. The minimum atomic E-state index is -0.305. The lowest BCUT2D eigenvalue weighted by atomic mass is 10.1. The highest BCUT2D eigenvalue weighted by Gasteiger charge is 2.28. The van der Waals surface area contributed by atoms with Gasteiger partial charge < -0.3 is 5.32 Å². The van der Waals surface area contributed by atoms with Crippen LogP contribution in [0.3, 0.4) is 0 Å². The molecule has 1 amide bonds. The Balaban J connectivity index is 1.65. The molecule has 2 heterocycles. The summed E-state index contributed by atoms with van der Waals surface area (Å²) in [5.74, 6) is 0.752. The van der Waals surface area contributed by atoms with E-state index in [-0.39, 0.29) is 17.5 Å². The maximum Gasteiger partial charge on any atom is 0.291 e. The van der Waals surface area contributed by atoms with Crippen molar-refractivity contribution in [2.75, 3.05) is 6.54 Å². The number of nitrogens with zero attached hydrogens (tertiary/aromatic N) is 4. The zero-order valence-electron chi connectivity index (χ0n) is 14.7. The zero-order chi connectivity index (χ0) is 18.3. The number of aryl methyl sites for hydroxylation is 1. The van der Waals surface area contributed by atoms with Crippen molar-refractivity contribution in [3.8, 4) is 11.3 Å². The molecule has 3 aromatic rings. The van der Waals surface area contributed by atoms with Crippen molar-refractivity contribution >= 4 is 11.6 Å².